The zero-order valence-corrected chi connectivity index (χ0v) is 26.3. The van der Waals surface area contributed by atoms with Gasteiger partial charge in [0.15, 0.2) is 5.78 Å². The van der Waals surface area contributed by atoms with Crippen molar-refractivity contribution in [2.45, 2.75) is 90.0 Å². The molecule has 5 atom stereocenters. The van der Waals surface area contributed by atoms with Crippen LogP contribution in [0.2, 0.25) is 0 Å². The third-order valence-corrected chi connectivity index (χ3v) is 7.88. The molecule has 2 fully saturated rings. The molecule has 250 valence electrons. The van der Waals surface area contributed by atoms with Gasteiger partial charge in [-0.3, -0.25) is 38.4 Å². The van der Waals surface area contributed by atoms with E-state index in [-0.39, 0.29) is 36.6 Å². The molecule has 0 radical (unpaired) electrons. The van der Waals surface area contributed by atoms with Crippen LogP contribution in [0.4, 0.5) is 5.69 Å². The van der Waals surface area contributed by atoms with E-state index in [0.717, 1.165) is 0 Å². The number of aliphatic carboxylic acids is 1. The van der Waals surface area contributed by atoms with Gasteiger partial charge in [-0.1, -0.05) is 39.8 Å². The number of hydrogen-bond donors (Lipinski definition) is 6. The number of anilines is 1. The van der Waals surface area contributed by atoms with Crippen LogP contribution >= 0.6 is 0 Å². The molecular formula is C31H42N6O9. The zero-order chi connectivity index (χ0) is 34.1. The Morgan fingerprint density at radius 3 is 2.15 bits per heavy atom. The van der Waals surface area contributed by atoms with Crippen molar-refractivity contribution >= 4 is 53.4 Å². The lowest BCUT2D eigenvalue weighted by Crippen LogP contribution is -2.59. The Morgan fingerprint density at radius 2 is 1.52 bits per heavy atom. The standard InChI is InChI=1S/C31H42N6O9/c1-16(2)12-20-27(42)33-21(13-24(39)18-8-5-6-9-19(18)32-15-38)28(43)35-22(14-25(40)41)31(46)37-11-7-10-23(37)29(44)36-26(17(3)4)30(45)34-20/h5-6,8-9,15-17,20-23,26H,7,10-14H2,1-4H3,(H,32,38)(H,33,42)(H,34,45)(H,35,43)(H,36,44)(H,40,41)/t20-,21+,22+,23-,26+/m0/s1. The van der Waals surface area contributed by atoms with Crippen molar-refractivity contribution in [3.63, 3.8) is 0 Å². The number of Topliss-reactive ketones (excluding diaryl/α,β-unsaturated/α-hetero) is 1. The highest BCUT2D eigenvalue weighted by Gasteiger charge is 2.41. The number of para-hydroxylation sites is 1. The Labute approximate surface area is 266 Å². The highest BCUT2D eigenvalue weighted by molar-refractivity contribution is 6.06. The van der Waals surface area contributed by atoms with Gasteiger partial charge in [0.05, 0.1) is 12.1 Å². The smallest absolute Gasteiger partial charge is 0.305 e. The fraction of sp³-hybridized carbons (Fsp3) is 0.548. The van der Waals surface area contributed by atoms with E-state index in [1.54, 1.807) is 26.0 Å². The molecule has 2 saturated heterocycles. The molecule has 1 aromatic rings. The predicted octanol–water partition coefficient (Wildman–Crippen LogP) is -0.0517. The lowest BCUT2D eigenvalue weighted by atomic mass is 9.98. The highest BCUT2D eigenvalue weighted by Crippen LogP contribution is 2.22. The second kappa shape index (κ2) is 16.0. The van der Waals surface area contributed by atoms with Crippen molar-refractivity contribution in [3.05, 3.63) is 29.8 Å². The van der Waals surface area contributed by atoms with Gasteiger partial charge in [0.1, 0.15) is 30.2 Å². The van der Waals surface area contributed by atoms with Crippen LogP contribution in [0.25, 0.3) is 0 Å². The molecule has 3 rings (SSSR count). The quantitative estimate of drug-likeness (QED) is 0.149. The maximum Gasteiger partial charge on any atom is 0.305 e. The SMILES string of the molecule is CC(C)C[C@@H]1NC(=O)[C@@H](C(C)C)NC(=O)[C@@H]2CCCN2C(=O)[C@@H](CC(=O)O)NC(=O)[C@@H](CC(=O)c2ccccc2NC=O)NC1=O. The third-order valence-electron chi connectivity index (χ3n) is 7.88. The summed E-state index contributed by atoms with van der Waals surface area (Å²) in [6.45, 7) is 7.16. The van der Waals surface area contributed by atoms with Gasteiger partial charge >= 0.3 is 5.97 Å². The van der Waals surface area contributed by atoms with Crippen LogP contribution in [0.1, 0.15) is 70.2 Å². The lowest BCUT2D eigenvalue weighted by Gasteiger charge is -2.30. The molecule has 2 aliphatic rings. The van der Waals surface area contributed by atoms with Crippen LogP contribution in [0.3, 0.4) is 0 Å². The number of carboxylic acids is 1. The molecule has 0 spiro atoms. The van der Waals surface area contributed by atoms with E-state index < -0.39 is 90.3 Å². The highest BCUT2D eigenvalue weighted by atomic mass is 16.4. The minimum Gasteiger partial charge on any atom is -0.481 e. The number of benzene rings is 1. The van der Waals surface area contributed by atoms with Gasteiger partial charge in [0.2, 0.25) is 35.9 Å². The average molecular weight is 643 g/mol. The number of hydrogen-bond acceptors (Lipinski definition) is 8. The van der Waals surface area contributed by atoms with E-state index in [4.69, 9.17) is 0 Å². The molecule has 0 aromatic heterocycles. The largest absolute Gasteiger partial charge is 0.481 e. The lowest BCUT2D eigenvalue weighted by molar-refractivity contribution is -0.146. The van der Waals surface area contributed by atoms with Gasteiger partial charge < -0.3 is 36.6 Å². The minimum atomic E-state index is -1.63. The molecule has 0 aliphatic carbocycles. The normalized spacial score (nSPS) is 24.6. The van der Waals surface area contributed by atoms with Crippen molar-refractivity contribution < 1.29 is 43.5 Å². The topological polar surface area (TPSA) is 220 Å². The fourth-order valence-electron chi connectivity index (χ4n) is 5.59. The number of nitrogens with one attached hydrogen (secondary N) is 5. The summed E-state index contributed by atoms with van der Waals surface area (Å²) < 4.78 is 0. The van der Waals surface area contributed by atoms with Gasteiger partial charge in [-0.05, 0) is 43.2 Å². The van der Waals surface area contributed by atoms with Crippen molar-refractivity contribution in [2.75, 3.05) is 11.9 Å². The molecule has 0 bridgehead atoms. The van der Waals surface area contributed by atoms with Crippen molar-refractivity contribution in [1.29, 1.82) is 0 Å². The van der Waals surface area contributed by atoms with Crippen LogP contribution in [0, 0.1) is 11.8 Å². The van der Waals surface area contributed by atoms with E-state index in [1.165, 1.54) is 17.0 Å². The van der Waals surface area contributed by atoms with E-state index >= 15 is 0 Å². The summed E-state index contributed by atoms with van der Waals surface area (Å²) in [6.07, 6.45) is -0.275. The molecule has 6 N–H and O–H groups in total. The summed E-state index contributed by atoms with van der Waals surface area (Å²) >= 11 is 0. The van der Waals surface area contributed by atoms with Crippen LogP contribution in [0.5, 0.6) is 0 Å². The molecule has 46 heavy (non-hydrogen) atoms. The molecule has 0 saturated carbocycles. The summed E-state index contributed by atoms with van der Waals surface area (Å²) in [5.74, 6) is -6.51. The minimum absolute atomic E-state index is 0.0435. The molecule has 1 aromatic carbocycles. The fourth-order valence-corrected chi connectivity index (χ4v) is 5.59. The number of carboxylic acid groups (broad SMARTS) is 1. The maximum atomic E-state index is 13.7. The molecule has 15 heteroatoms. The van der Waals surface area contributed by atoms with E-state index in [0.29, 0.717) is 12.8 Å². The Morgan fingerprint density at radius 1 is 0.891 bits per heavy atom. The average Bonchev–Trinajstić information content (AvgIpc) is 3.48. The molecule has 6 amide bonds. The Hall–Kier alpha value is -4.82. The summed E-state index contributed by atoms with van der Waals surface area (Å²) in [7, 11) is 0. The second-order valence-corrected chi connectivity index (χ2v) is 12.3. The second-order valence-electron chi connectivity index (χ2n) is 12.3. The molecule has 15 nitrogen and oxygen atoms in total. The Bertz CT molecular complexity index is 1360. The van der Waals surface area contributed by atoms with Crippen molar-refractivity contribution in [1.82, 2.24) is 26.2 Å². The number of fused-ring (bicyclic) bond motifs is 1. The van der Waals surface area contributed by atoms with Gasteiger partial charge in [-0.25, -0.2) is 0 Å². The molecule has 0 unspecified atom stereocenters. The van der Waals surface area contributed by atoms with Crippen LogP contribution in [0.15, 0.2) is 24.3 Å². The molecule has 2 heterocycles. The number of nitrogens with zero attached hydrogens (tertiary/aromatic N) is 1. The van der Waals surface area contributed by atoms with E-state index in [2.05, 4.69) is 26.6 Å². The Kier molecular flexibility index (Phi) is 12.4. The first kappa shape index (κ1) is 35.7. The van der Waals surface area contributed by atoms with E-state index in [1.807, 2.05) is 13.8 Å². The van der Waals surface area contributed by atoms with Gasteiger partial charge in [-0.15, -0.1) is 0 Å². The van der Waals surface area contributed by atoms with Gasteiger partial charge in [0, 0.05) is 18.5 Å². The third kappa shape index (κ3) is 9.11. The predicted molar refractivity (Wildman–Crippen MR) is 164 cm³/mol. The number of ketones is 1. The molecular weight excluding hydrogens is 600 g/mol. The first-order valence-corrected chi connectivity index (χ1v) is 15.3. The summed E-state index contributed by atoms with van der Waals surface area (Å²) in [5.41, 5.74) is 0.203. The van der Waals surface area contributed by atoms with Crippen LogP contribution in [-0.4, -0.2) is 94.5 Å². The molecule has 2 aliphatic heterocycles. The van der Waals surface area contributed by atoms with Gasteiger partial charge in [-0.2, -0.15) is 0 Å². The zero-order valence-electron chi connectivity index (χ0n) is 26.3. The van der Waals surface area contributed by atoms with E-state index in [9.17, 15) is 43.5 Å². The van der Waals surface area contributed by atoms with Crippen molar-refractivity contribution in [2.24, 2.45) is 11.8 Å². The summed E-state index contributed by atoms with van der Waals surface area (Å²) in [4.78, 5) is 105. The monoisotopic (exact) mass is 642 g/mol. The number of carbonyl (C=O) groups is 8. The van der Waals surface area contributed by atoms with Crippen LogP contribution in [-0.2, 0) is 33.6 Å². The van der Waals surface area contributed by atoms with Crippen LogP contribution < -0.4 is 26.6 Å². The first-order chi connectivity index (χ1) is 21.7. The van der Waals surface area contributed by atoms with Gasteiger partial charge in [0.25, 0.3) is 0 Å². The maximum absolute atomic E-state index is 13.7. The summed E-state index contributed by atoms with van der Waals surface area (Å²) in [6, 6.07) is -0.503. The summed E-state index contributed by atoms with van der Waals surface area (Å²) in [5, 5.41) is 22.3. The number of carbonyl (C=O) groups excluding carboxylic acids is 7. The Balaban J connectivity index is 2.09. The number of amides is 6. The first-order valence-electron chi connectivity index (χ1n) is 15.3. The van der Waals surface area contributed by atoms with Crippen molar-refractivity contribution in [3.8, 4) is 0 Å². The number of rotatable bonds is 10.